The molecule has 0 amide bonds. The largest absolute Gasteiger partial charge is 0.466 e. The summed E-state index contributed by atoms with van der Waals surface area (Å²) in [5.41, 5.74) is 3.76. The van der Waals surface area contributed by atoms with E-state index in [2.05, 4.69) is 41.1 Å². The molecule has 0 bridgehead atoms. The van der Waals surface area contributed by atoms with Crippen LogP contribution in [-0.2, 0) is 16.1 Å². The zero-order chi connectivity index (χ0) is 15.5. The summed E-state index contributed by atoms with van der Waals surface area (Å²) in [5, 5.41) is 1.29. The molecule has 1 aliphatic rings. The number of likely N-dealkylation sites (tertiary alicyclic amines) is 1. The van der Waals surface area contributed by atoms with Crippen molar-refractivity contribution in [1.82, 2.24) is 9.88 Å². The number of nitrogens with zero attached hydrogens (tertiary/aromatic N) is 1. The molecular weight excluding hydrogens is 276 g/mol. The van der Waals surface area contributed by atoms with Gasteiger partial charge in [0.15, 0.2) is 0 Å². The topological polar surface area (TPSA) is 45.3 Å². The number of rotatable bonds is 4. The maximum absolute atomic E-state index is 12.0. The Morgan fingerprint density at radius 1 is 1.41 bits per heavy atom. The lowest BCUT2D eigenvalue weighted by atomic mass is 9.97. The third kappa shape index (κ3) is 3.02. The summed E-state index contributed by atoms with van der Waals surface area (Å²) in [6.45, 7) is 7.21. The van der Waals surface area contributed by atoms with Crippen molar-refractivity contribution >= 4 is 16.9 Å². The lowest BCUT2D eigenvalue weighted by Gasteiger charge is -2.31. The number of hydrogen-bond acceptors (Lipinski definition) is 3. The SMILES string of the molecule is CCOC(=O)C1CCCN(Cc2c(C)[nH]c3ccccc23)C1. The van der Waals surface area contributed by atoms with Gasteiger partial charge in [-0.3, -0.25) is 9.69 Å². The van der Waals surface area contributed by atoms with Crippen molar-refractivity contribution in [2.75, 3.05) is 19.7 Å². The van der Waals surface area contributed by atoms with Crippen LogP contribution in [0.5, 0.6) is 0 Å². The summed E-state index contributed by atoms with van der Waals surface area (Å²) in [5.74, 6) is -0.0120. The third-order valence-electron chi connectivity index (χ3n) is 4.53. The monoisotopic (exact) mass is 300 g/mol. The van der Waals surface area contributed by atoms with Gasteiger partial charge in [-0.05, 0) is 44.9 Å². The number of ether oxygens (including phenoxy) is 1. The van der Waals surface area contributed by atoms with E-state index in [1.54, 1.807) is 0 Å². The van der Waals surface area contributed by atoms with Crippen LogP contribution < -0.4 is 0 Å². The molecule has 1 aromatic heterocycles. The number of benzene rings is 1. The van der Waals surface area contributed by atoms with Gasteiger partial charge in [-0.15, -0.1) is 0 Å². The van der Waals surface area contributed by atoms with Crippen LogP contribution in [0.2, 0.25) is 0 Å². The second kappa shape index (κ2) is 6.53. The van der Waals surface area contributed by atoms with Crippen molar-refractivity contribution in [2.45, 2.75) is 33.2 Å². The number of esters is 1. The quantitative estimate of drug-likeness (QED) is 0.882. The molecule has 0 saturated carbocycles. The van der Waals surface area contributed by atoms with Crippen LogP contribution in [0, 0.1) is 12.8 Å². The average Bonchev–Trinajstić information content (AvgIpc) is 2.84. The normalized spacial score (nSPS) is 19.5. The Bertz CT molecular complexity index is 662. The first kappa shape index (κ1) is 15.1. The molecule has 2 heterocycles. The molecule has 22 heavy (non-hydrogen) atoms. The van der Waals surface area contributed by atoms with Gasteiger partial charge in [0.1, 0.15) is 0 Å². The summed E-state index contributed by atoms with van der Waals surface area (Å²) in [6.07, 6.45) is 2.01. The van der Waals surface area contributed by atoms with Crippen LogP contribution >= 0.6 is 0 Å². The van der Waals surface area contributed by atoms with E-state index >= 15 is 0 Å². The molecule has 1 fully saturated rings. The number of aryl methyl sites for hydroxylation is 1. The van der Waals surface area contributed by atoms with Crippen molar-refractivity contribution in [3.8, 4) is 0 Å². The molecule has 3 rings (SSSR count). The van der Waals surface area contributed by atoms with Crippen molar-refractivity contribution < 1.29 is 9.53 Å². The van der Waals surface area contributed by atoms with E-state index in [1.807, 2.05) is 6.92 Å². The van der Waals surface area contributed by atoms with Crippen LogP contribution in [0.3, 0.4) is 0 Å². The predicted molar refractivity (Wildman–Crippen MR) is 87.7 cm³/mol. The van der Waals surface area contributed by atoms with Crippen molar-refractivity contribution in [3.63, 3.8) is 0 Å². The van der Waals surface area contributed by atoms with Gasteiger partial charge in [-0.2, -0.15) is 0 Å². The predicted octanol–water partition coefficient (Wildman–Crippen LogP) is 3.25. The van der Waals surface area contributed by atoms with Crippen LogP contribution in [0.4, 0.5) is 0 Å². The minimum absolute atomic E-state index is 0.0270. The highest BCUT2D eigenvalue weighted by atomic mass is 16.5. The van der Waals surface area contributed by atoms with Gasteiger partial charge in [0, 0.05) is 29.7 Å². The Labute approximate surface area is 131 Å². The van der Waals surface area contributed by atoms with Crippen molar-refractivity contribution in [1.29, 1.82) is 0 Å². The minimum Gasteiger partial charge on any atom is -0.466 e. The maximum Gasteiger partial charge on any atom is 0.310 e. The van der Waals surface area contributed by atoms with Crippen LogP contribution in [-0.4, -0.2) is 35.5 Å². The zero-order valence-corrected chi connectivity index (χ0v) is 13.4. The van der Waals surface area contributed by atoms with E-state index in [0.717, 1.165) is 32.5 Å². The van der Waals surface area contributed by atoms with E-state index in [-0.39, 0.29) is 11.9 Å². The average molecular weight is 300 g/mol. The van der Waals surface area contributed by atoms with Gasteiger partial charge >= 0.3 is 5.97 Å². The molecule has 4 heteroatoms. The molecular formula is C18H24N2O2. The number of fused-ring (bicyclic) bond motifs is 1. The Balaban J connectivity index is 1.74. The molecule has 1 aliphatic heterocycles. The molecule has 2 aromatic rings. The molecule has 1 unspecified atom stereocenters. The van der Waals surface area contributed by atoms with Crippen molar-refractivity contribution in [3.05, 3.63) is 35.5 Å². The number of H-pyrrole nitrogens is 1. The Morgan fingerprint density at radius 3 is 3.05 bits per heavy atom. The molecule has 118 valence electrons. The van der Waals surface area contributed by atoms with Crippen LogP contribution in [0.15, 0.2) is 24.3 Å². The number of carbonyl (C=O) groups is 1. The van der Waals surface area contributed by atoms with E-state index in [0.29, 0.717) is 6.61 Å². The smallest absolute Gasteiger partial charge is 0.310 e. The molecule has 0 radical (unpaired) electrons. The van der Waals surface area contributed by atoms with Gasteiger partial charge in [0.25, 0.3) is 0 Å². The van der Waals surface area contributed by atoms with E-state index in [9.17, 15) is 4.79 Å². The van der Waals surface area contributed by atoms with E-state index < -0.39 is 0 Å². The summed E-state index contributed by atoms with van der Waals surface area (Å²) in [4.78, 5) is 17.8. The highest BCUT2D eigenvalue weighted by Gasteiger charge is 2.27. The number of piperidine rings is 1. The highest BCUT2D eigenvalue weighted by Crippen LogP contribution is 2.26. The summed E-state index contributed by atoms with van der Waals surface area (Å²) in [7, 11) is 0. The summed E-state index contributed by atoms with van der Waals surface area (Å²) < 4.78 is 5.19. The van der Waals surface area contributed by atoms with Gasteiger partial charge in [-0.1, -0.05) is 18.2 Å². The molecule has 0 aliphatic carbocycles. The van der Waals surface area contributed by atoms with Gasteiger partial charge < -0.3 is 9.72 Å². The van der Waals surface area contributed by atoms with Gasteiger partial charge in [0.05, 0.1) is 12.5 Å². The van der Waals surface area contributed by atoms with Crippen molar-refractivity contribution in [2.24, 2.45) is 5.92 Å². The highest BCUT2D eigenvalue weighted by molar-refractivity contribution is 5.84. The Kier molecular flexibility index (Phi) is 4.48. The molecule has 1 aromatic carbocycles. The lowest BCUT2D eigenvalue weighted by molar-refractivity contribution is -0.150. The summed E-state index contributed by atoms with van der Waals surface area (Å²) >= 11 is 0. The fourth-order valence-electron chi connectivity index (χ4n) is 3.41. The molecule has 1 atom stereocenters. The Morgan fingerprint density at radius 2 is 2.23 bits per heavy atom. The second-order valence-corrected chi connectivity index (χ2v) is 6.10. The van der Waals surface area contributed by atoms with Crippen LogP contribution in [0.1, 0.15) is 31.0 Å². The number of aromatic amines is 1. The first-order valence-corrected chi connectivity index (χ1v) is 8.14. The maximum atomic E-state index is 12.0. The lowest BCUT2D eigenvalue weighted by Crippen LogP contribution is -2.39. The zero-order valence-electron chi connectivity index (χ0n) is 13.4. The summed E-state index contributed by atoms with van der Waals surface area (Å²) in [6, 6.07) is 8.42. The first-order chi connectivity index (χ1) is 10.7. The van der Waals surface area contributed by atoms with Gasteiger partial charge in [0.2, 0.25) is 0 Å². The number of aromatic nitrogens is 1. The van der Waals surface area contributed by atoms with Gasteiger partial charge in [-0.25, -0.2) is 0 Å². The second-order valence-electron chi connectivity index (χ2n) is 6.10. The number of para-hydroxylation sites is 1. The number of carbonyl (C=O) groups excluding carboxylic acids is 1. The first-order valence-electron chi connectivity index (χ1n) is 8.14. The standard InChI is InChI=1S/C18H24N2O2/c1-3-22-18(21)14-7-6-10-20(11-14)12-16-13(2)19-17-9-5-4-8-15(16)17/h4-5,8-9,14,19H,3,6-7,10-12H2,1-2H3. The molecule has 1 saturated heterocycles. The molecule has 0 spiro atoms. The number of nitrogens with one attached hydrogen (secondary N) is 1. The van der Waals surface area contributed by atoms with E-state index in [1.165, 1.54) is 22.2 Å². The third-order valence-corrected chi connectivity index (χ3v) is 4.53. The van der Waals surface area contributed by atoms with E-state index in [4.69, 9.17) is 4.74 Å². The number of hydrogen-bond donors (Lipinski definition) is 1. The molecule has 4 nitrogen and oxygen atoms in total. The fraction of sp³-hybridized carbons (Fsp3) is 0.500. The van der Waals surface area contributed by atoms with Crippen LogP contribution in [0.25, 0.3) is 10.9 Å². The fourth-order valence-corrected chi connectivity index (χ4v) is 3.41. The minimum atomic E-state index is -0.0390. The Hall–Kier alpha value is -1.81. The molecule has 1 N–H and O–H groups in total.